The normalized spacial score (nSPS) is 12.5. The maximum Gasteiger partial charge on any atom is 0.408 e. The van der Waals surface area contributed by atoms with E-state index in [4.69, 9.17) is 5.26 Å². The topological polar surface area (TPSA) is 35.8 Å². The summed E-state index contributed by atoms with van der Waals surface area (Å²) >= 11 is 0. The van der Waals surface area contributed by atoms with Crippen molar-refractivity contribution in [3.05, 3.63) is 29.8 Å². The second-order valence-corrected chi connectivity index (χ2v) is 7.61. The molecule has 1 unspecified atom stereocenters. The van der Waals surface area contributed by atoms with E-state index in [1.807, 2.05) is 6.07 Å². The molecule has 0 saturated carbocycles. The number of hydrogen-bond donors (Lipinski definition) is 1. The molecule has 1 N–H and O–H groups in total. The molecular formula is C23H35F3N2. The van der Waals surface area contributed by atoms with Gasteiger partial charge in [0, 0.05) is 5.69 Å². The van der Waals surface area contributed by atoms with Gasteiger partial charge in [-0.1, -0.05) is 84.0 Å². The molecule has 5 heteroatoms. The number of nitriles is 1. The number of hydrogen-bond acceptors (Lipinski definition) is 2. The van der Waals surface area contributed by atoms with E-state index in [0.717, 1.165) is 19.3 Å². The number of rotatable bonds is 15. The van der Waals surface area contributed by atoms with Gasteiger partial charge in [0.05, 0.1) is 11.6 Å². The Morgan fingerprint density at radius 1 is 0.821 bits per heavy atom. The highest BCUT2D eigenvalue weighted by Crippen LogP contribution is 2.28. The highest BCUT2D eigenvalue weighted by molar-refractivity contribution is 5.48. The summed E-state index contributed by atoms with van der Waals surface area (Å²) in [6.45, 7) is 2.22. The van der Waals surface area contributed by atoms with E-state index in [2.05, 4.69) is 12.2 Å². The highest BCUT2D eigenvalue weighted by atomic mass is 19.4. The Balaban J connectivity index is 2.16. The van der Waals surface area contributed by atoms with Crippen molar-refractivity contribution in [3.8, 4) is 6.07 Å². The standard InChI is InChI=1S/C23H35F3N2/c1-2-3-4-5-6-7-8-9-10-11-12-13-14-22(23(24,25)26)28-21-17-15-20(19-27)16-18-21/h15-18,22,28H,2-14H2,1H3. The highest BCUT2D eigenvalue weighted by Gasteiger charge is 2.38. The zero-order valence-electron chi connectivity index (χ0n) is 17.2. The third-order valence-electron chi connectivity index (χ3n) is 5.10. The number of halogens is 3. The first kappa shape index (κ1) is 24.3. The maximum atomic E-state index is 13.3. The van der Waals surface area contributed by atoms with Gasteiger partial charge >= 0.3 is 6.18 Å². The number of unbranched alkanes of at least 4 members (excludes halogenated alkanes) is 11. The van der Waals surface area contributed by atoms with Gasteiger partial charge in [-0.25, -0.2) is 0 Å². The molecule has 0 heterocycles. The maximum absolute atomic E-state index is 13.3. The molecule has 0 radical (unpaired) electrons. The molecule has 0 spiro atoms. The van der Waals surface area contributed by atoms with E-state index < -0.39 is 12.2 Å². The Labute approximate surface area is 168 Å². The molecule has 0 aliphatic heterocycles. The predicted molar refractivity (Wildman–Crippen MR) is 110 cm³/mol. The van der Waals surface area contributed by atoms with Crippen LogP contribution in [0.3, 0.4) is 0 Å². The lowest BCUT2D eigenvalue weighted by molar-refractivity contribution is -0.144. The number of anilines is 1. The first-order valence-electron chi connectivity index (χ1n) is 10.8. The van der Waals surface area contributed by atoms with Crippen molar-refractivity contribution in [2.24, 2.45) is 0 Å². The number of alkyl halides is 3. The van der Waals surface area contributed by atoms with Crippen molar-refractivity contribution in [2.75, 3.05) is 5.32 Å². The molecule has 1 aromatic carbocycles. The van der Waals surface area contributed by atoms with E-state index in [1.165, 1.54) is 75.6 Å². The quantitative estimate of drug-likeness (QED) is 0.305. The second kappa shape index (κ2) is 14.3. The summed E-state index contributed by atoms with van der Waals surface area (Å²) in [5.74, 6) is 0. The average Bonchev–Trinajstić information content (AvgIpc) is 2.67. The molecule has 0 fully saturated rings. The SMILES string of the molecule is CCCCCCCCCCCCCCC(Nc1ccc(C#N)cc1)C(F)(F)F. The number of nitrogens with zero attached hydrogens (tertiary/aromatic N) is 1. The predicted octanol–water partition coefficient (Wildman–Crippen LogP) is 7.99. The van der Waals surface area contributed by atoms with Crippen molar-refractivity contribution in [1.29, 1.82) is 5.26 Å². The Kier molecular flexibility index (Phi) is 12.4. The largest absolute Gasteiger partial charge is 0.408 e. The monoisotopic (exact) mass is 396 g/mol. The lowest BCUT2D eigenvalue weighted by Crippen LogP contribution is -2.36. The molecule has 158 valence electrons. The Hall–Kier alpha value is -1.70. The molecule has 0 aromatic heterocycles. The van der Waals surface area contributed by atoms with Gasteiger partial charge in [-0.15, -0.1) is 0 Å². The molecule has 0 aliphatic carbocycles. The van der Waals surface area contributed by atoms with E-state index in [-0.39, 0.29) is 6.42 Å². The van der Waals surface area contributed by atoms with Crippen LogP contribution in [0.4, 0.5) is 18.9 Å². The fraction of sp³-hybridized carbons (Fsp3) is 0.696. The molecule has 2 nitrogen and oxygen atoms in total. The Morgan fingerprint density at radius 2 is 1.29 bits per heavy atom. The van der Waals surface area contributed by atoms with E-state index in [9.17, 15) is 13.2 Å². The summed E-state index contributed by atoms with van der Waals surface area (Å²) in [6.07, 6.45) is 9.69. The van der Waals surface area contributed by atoms with Gasteiger partial charge in [0.25, 0.3) is 0 Å². The minimum atomic E-state index is -4.27. The van der Waals surface area contributed by atoms with E-state index >= 15 is 0 Å². The minimum absolute atomic E-state index is 0.0843. The van der Waals surface area contributed by atoms with Gasteiger partial charge in [0.1, 0.15) is 6.04 Å². The summed E-state index contributed by atoms with van der Waals surface area (Å²) in [5.41, 5.74) is 0.843. The van der Waals surface area contributed by atoms with Crippen LogP contribution in [0.2, 0.25) is 0 Å². The summed E-state index contributed by atoms with van der Waals surface area (Å²) in [4.78, 5) is 0. The zero-order chi connectivity index (χ0) is 20.7. The van der Waals surface area contributed by atoms with Gasteiger partial charge in [-0.2, -0.15) is 18.4 Å². The fourth-order valence-corrected chi connectivity index (χ4v) is 3.35. The number of nitrogens with one attached hydrogen (secondary N) is 1. The first-order valence-corrected chi connectivity index (χ1v) is 10.8. The second-order valence-electron chi connectivity index (χ2n) is 7.61. The summed E-state index contributed by atoms with van der Waals surface area (Å²) in [5, 5.41) is 11.3. The van der Waals surface area contributed by atoms with Crippen LogP contribution in [0.1, 0.15) is 96.0 Å². The molecule has 0 aliphatic rings. The lowest BCUT2D eigenvalue weighted by atomic mass is 10.0. The van der Waals surface area contributed by atoms with Crippen LogP contribution < -0.4 is 5.32 Å². The van der Waals surface area contributed by atoms with Crippen LogP contribution in [-0.4, -0.2) is 12.2 Å². The summed E-state index contributed by atoms with van der Waals surface area (Å²) in [7, 11) is 0. The fourth-order valence-electron chi connectivity index (χ4n) is 3.35. The van der Waals surface area contributed by atoms with Crippen molar-refractivity contribution < 1.29 is 13.2 Å². The average molecular weight is 397 g/mol. The van der Waals surface area contributed by atoms with Crippen LogP contribution in [-0.2, 0) is 0 Å². The van der Waals surface area contributed by atoms with Gasteiger partial charge in [0.15, 0.2) is 0 Å². The number of benzene rings is 1. The van der Waals surface area contributed by atoms with Crippen LogP contribution in [0.5, 0.6) is 0 Å². The molecule has 1 aromatic rings. The van der Waals surface area contributed by atoms with Gasteiger partial charge < -0.3 is 5.32 Å². The van der Waals surface area contributed by atoms with Gasteiger partial charge in [-0.05, 0) is 30.7 Å². The molecule has 1 rings (SSSR count). The summed E-state index contributed by atoms with van der Waals surface area (Å²) < 4.78 is 39.8. The molecule has 1 atom stereocenters. The van der Waals surface area contributed by atoms with Crippen LogP contribution in [0.25, 0.3) is 0 Å². The lowest BCUT2D eigenvalue weighted by Gasteiger charge is -2.22. The van der Waals surface area contributed by atoms with Crippen molar-refractivity contribution in [1.82, 2.24) is 0 Å². The third kappa shape index (κ3) is 11.2. The van der Waals surface area contributed by atoms with Crippen molar-refractivity contribution in [3.63, 3.8) is 0 Å². The van der Waals surface area contributed by atoms with E-state index in [0.29, 0.717) is 17.7 Å². The molecular weight excluding hydrogens is 361 g/mol. The van der Waals surface area contributed by atoms with Crippen molar-refractivity contribution in [2.45, 2.75) is 103 Å². The zero-order valence-corrected chi connectivity index (χ0v) is 17.2. The van der Waals surface area contributed by atoms with Crippen molar-refractivity contribution >= 4 is 5.69 Å². The molecule has 0 saturated heterocycles. The summed E-state index contributed by atoms with van der Waals surface area (Å²) in [6, 6.07) is 6.54. The van der Waals surface area contributed by atoms with Crippen LogP contribution >= 0.6 is 0 Å². The van der Waals surface area contributed by atoms with Gasteiger partial charge in [0.2, 0.25) is 0 Å². The van der Waals surface area contributed by atoms with Gasteiger partial charge in [-0.3, -0.25) is 0 Å². The molecule has 0 bridgehead atoms. The molecule has 0 amide bonds. The molecule has 28 heavy (non-hydrogen) atoms. The Bertz CT molecular complexity index is 546. The van der Waals surface area contributed by atoms with E-state index in [1.54, 1.807) is 0 Å². The third-order valence-corrected chi connectivity index (χ3v) is 5.10. The van der Waals surface area contributed by atoms with Crippen LogP contribution in [0.15, 0.2) is 24.3 Å². The smallest absolute Gasteiger partial charge is 0.374 e. The first-order chi connectivity index (χ1) is 13.5. The Morgan fingerprint density at radius 3 is 1.71 bits per heavy atom. The van der Waals surface area contributed by atoms with Crippen LogP contribution in [0, 0.1) is 11.3 Å². The minimum Gasteiger partial charge on any atom is -0.374 e.